The third kappa shape index (κ3) is 5.26. The summed E-state index contributed by atoms with van der Waals surface area (Å²) in [6.07, 6.45) is 20.3. The van der Waals surface area contributed by atoms with E-state index in [0.717, 1.165) is 42.4 Å². The number of esters is 1. The molecule has 0 spiro atoms. The van der Waals surface area contributed by atoms with Crippen LogP contribution < -0.4 is 0 Å². The molecular formula is C24H42O2. The molecule has 26 heavy (non-hydrogen) atoms. The van der Waals surface area contributed by atoms with Crippen LogP contribution in [0.3, 0.4) is 0 Å². The van der Waals surface area contributed by atoms with Crippen molar-refractivity contribution in [3.8, 4) is 0 Å². The van der Waals surface area contributed by atoms with Gasteiger partial charge in [0.15, 0.2) is 0 Å². The summed E-state index contributed by atoms with van der Waals surface area (Å²) < 4.78 is 5.68. The summed E-state index contributed by atoms with van der Waals surface area (Å²) in [7, 11) is 0. The topological polar surface area (TPSA) is 26.3 Å². The Bertz CT molecular complexity index is 432. The molecule has 2 heteroatoms. The van der Waals surface area contributed by atoms with Gasteiger partial charge in [0.05, 0.1) is 0 Å². The lowest BCUT2D eigenvalue weighted by Crippen LogP contribution is -2.43. The smallest absolute Gasteiger partial charge is 0.305 e. The summed E-state index contributed by atoms with van der Waals surface area (Å²) in [5.41, 5.74) is 0. The highest BCUT2D eigenvalue weighted by atomic mass is 16.5. The van der Waals surface area contributed by atoms with E-state index in [1.54, 1.807) is 0 Å². The minimum Gasteiger partial charge on any atom is -0.462 e. The number of carbonyl (C=O) groups is 1. The van der Waals surface area contributed by atoms with Crippen molar-refractivity contribution in [3.63, 3.8) is 0 Å². The summed E-state index contributed by atoms with van der Waals surface area (Å²) in [6.45, 7) is 4.21. The maximum Gasteiger partial charge on any atom is 0.305 e. The Hall–Kier alpha value is -0.530. The molecule has 3 rings (SSSR count). The Labute approximate surface area is 161 Å². The van der Waals surface area contributed by atoms with Crippen LogP contribution in [0.25, 0.3) is 0 Å². The Balaban J connectivity index is 1.42. The first kappa shape index (κ1) is 20.2. The highest BCUT2D eigenvalue weighted by Crippen LogP contribution is 2.53. The van der Waals surface area contributed by atoms with E-state index in [0.29, 0.717) is 6.42 Å². The maximum atomic E-state index is 11.6. The highest BCUT2D eigenvalue weighted by Gasteiger charge is 2.44. The third-order valence-corrected chi connectivity index (χ3v) is 7.90. The molecule has 3 saturated carbocycles. The van der Waals surface area contributed by atoms with E-state index in [1.807, 2.05) is 6.92 Å². The van der Waals surface area contributed by atoms with Gasteiger partial charge in [0, 0.05) is 6.42 Å². The lowest BCUT2D eigenvalue weighted by atomic mass is 9.56. The SMILES string of the molecule is CCCCCCC[C@@H]1CCC2C(CCC3C[C@H](OC(=O)CC)CCC32)C1. The molecule has 0 heterocycles. The quantitative estimate of drug-likeness (QED) is 0.346. The van der Waals surface area contributed by atoms with Crippen molar-refractivity contribution >= 4 is 5.97 Å². The van der Waals surface area contributed by atoms with Crippen molar-refractivity contribution in [1.82, 2.24) is 0 Å². The maximum absolute atomic E-state index is 11.6. The molecule has 4 unspecified atom stereocenters. The molecule has 6 atom stereocenters. The molecule has 2 nitrogen and oxygen atoms in total. The van der Waals surface area contributed by atoms with E-state index >= 15 is 0 Å². The zero-order valence-corrected chi connectivity index (χ0v) is 17.4. The summed E-state index contributed by atoms with van der Waals surface area (Å²) in [5.74, 6) is 4.81. The van der Waals surface area contributed by atoms with Gasteiger partial charge in [0.2, 0.25) is 0 Å². The summed E-state index contributed by atoms with van der Waals surface area (Å²) >= 11 is 0. The number of rotatable bonds is 8. The van der Waals surface area contributed by atoms with Gasteiger partial charge in [-0.05, 0) is 74.5 Å². The second-order valence-corrected chi connectivity index (χ2v) is 9.59. The number of fused-ring (bicyclic) bond motifs is 3. The number of unbranched alkanes of at least 4 members (excludes halogenated alkanes) is 4. The first-order valence-electron chi connectivity index (χ1n) is 11.9. The van der Waals surface area contributed by atoms with Crippen LogP contribution in [0.15, 0.2) is 0 Å². The largest absolute Gasteiger partial charge is 0.462 e. The van der Waals surface area contributed by atoms with Crippen molar-refractivity contribution < 1.29 is 9.53 Å². The summed E-state index contributed by atoms with van der Waals surface area (Å²) in [4.78, 5) is 11.6. The molecule has 3 aliphatic rings. The Morgan fingerprint density at radius 1 is 0.808 bits per heavy atom. The zero-order valence-electron chi connectivity index (χ0n) is 17.4. The van der Waals surface area contributed by atoms with Crippen LogP contribution in [0.2, 0.25) is 0 Å². The fraction of sp³-hybridized carbons (Fsp3) is 0.958. The van der Waals surface area contributed by atoms with Crippen LogP contribution in [0, 0.1) is 29.6 Å². The fourth-order valence-corrected chi connectivity index (χ4v) is 6.52. The Morgan fingerprint density at radius 2 is 1.50 bits per heavy atom. The lowest BCUT2D eigenvalue weighted by molar-refractivity contribution is -0.153. The Kier molecular flexibility index (Phi) is 7.88. The average molecular weight is 363 g/mol. The molecule has 0 aromatic rings. The van der Waals surface area contributed by atoms with Crippen molar-refractivity contribution in [1.29, 1.82) is 0 Å². The van der Waals surface area contributed by atoms with Crippen LogP contribution in [0.1, 0.15) is 110 Å². The predicted molar refractivity (Wildman–Crippen MR) is 108 cm³/mol. The minimum absolute atomic E-state index is 0.00146. The second-order valence-electron chi connectivity index (χ2n) is 9.59. The molecule has 0 amide bonds. The van der Waals surface area contributed by atoms with Crippen LogP contribution in [0.5, 0.6) is 0 Å². The third-order valence-electron chi connectivity index (χ3n) is 7.90. The van der Waals surface area contributed by atoms with Gasteiger partial charge in [-0.1, -0.05) is 58.8 Å². The van der Waals surface area contributed by atoms with Crippen LogP contribution in [-0.4, -0.2) is 12.1 Å². The second kappa shape index (κ2) is 10.1. The molecule has 0 N–H and O–H groups in total. The van der Waals surface area contributed by atoms with Gasteiger partial charge >= 0.3 is 5.97 Å². The number of hydrogen-bond donors (Lipinski definition) is 0. The molecule has 0 aromatic carbocycles. The standard InChI is InChI=1S/C24H42O2/c1-3-5-6-7-8-9-18-10-14-22-19(16-18)11-12-20-17-21(13-15-23(20)22)26-24(25)4-2/h18-23H,3-17H2,1-2H3/t18-,19?,20?,21-,22?,23?/m1/s1. The van der Waals surface area contributed by atoms with Crippen molar-refractivity contribution in [3.05, 3.63) is 0 Å². The van der Waals surface area contributed by atoms with Gasteiger partial charge in [-0.25, -0.2) is 0 Å². The minimum atomic E-state index is 0.00146. The van der Waals surface area contributed by atoms with Gasteiger partial charge in [-0.2, -0.15) is 0 Å². The van der Waals surface area contributed by atoms with Gasteiger partial charge in [-0.3, -0.25) is 4.79 Å². The highest BCUT2D eigenvalue weighted by molar-refractivity contribution is 5.69. The summed E-state index contributed by atoms with van der Waals surface area (Å²) in [5, 5.41) is 0. The number of hydrogen-bond acceptors (Lipinski definition) is 2. The van der Waals surface area contributed by atoms with Crippen LogP contribution >= 0.6 is 0 Å². The molecule has 0 bridgehead atoms. The molecule has 0 aliphatic heterocycles. The van der Waals surface area contributed by atoms with Crippen molar-refractivity contribution in [2.24, 2.45) is 29.6 Å². The first-order chi connectivity index (χ1) is 12.7. The van der Waals surface area contributed by atoms with E-state index in [2.05, 4.69) is 6.92 Å². The van der Waals surface area contributed by atoms with Crippen molar-refractivity contribution in [2.45, 2.75) is 116 Å². The number of ether oxygens (including phenoxy) is 1. The predicted octanol–water partition coefficient (Wildman–Crippen LogP) is 6.91. The molecule has 0 saturated heterocycles. The van der Waals surface area contributed by atoms with E-state index in [1.165, 1.54) is 77.0 Å². The molecule has 0 aromatic heterocycles. The average Bonchev–Trinajstić information content (AvgIpc) is 2.67. The fourth-order valence-electron chi connectivity index (χ4n) is 6.52. The molecule has 3 fully saturated rings. The normalized spacial score (nSPS) is 36.8. The van der Waals surface area contributed by atoms with Crippen LogP contribution in [0.4, 0.5) is 0 Å². The monoisotopic (exact) mass is 362 g/mol. The van der Waals surface area contributed by atoms with Crippen LogP contribution in [-0.2, 0) is 9.53 Å². The molecule has 3 aliphatic carbocycles. The summed E-state index contributed by atoms with van der Waals surface area (Å²) in [6, 6.07) is 0. The van der Waals surface area contributed by atoms with Crippen molar-refractivity contribution in [2.75, 3.05) is 0 Å². The van der Waals surface area contributed by atoms with E-state index in [4.69, 9.17) is 4.74 Å². The lowest BCUT2D eigenvalue weighted by Gasteiger charge is -2.50. The molecule has 150 valence electrons. The Morgan fingerprint density at radius 3 is 2.23 bits per heavy atom. The van der Waals surface area contributed by atoms with E-state index < -0.39 is 0 Å². The molecular weight excluding hydrogens is 320 g/mol. The van der Waals surface area contributed by atoms with Gasteiger partial charge in [0.25, 0.3) is 0 Å². The number of carbonyl (C=O) groups excluding carboxylic acids is 1. The molecule has 0 radical (unpaired) electrons. The van der Waals surface area contributed by atoms with E-state index in [9.17, 15) is 4.79 Å². The van der Waals surface area contributed by atoms with E-state index in [-0.39, 0.29) is 12.1 Å². The van der Waals surface area contributed by atoms with Gasteiger partial charge < -0.3 is 4.74 Å². The van der Waals surface area contributed by atoms with Gasteiger partial charge in [0.1, 0.15) is 6.10 Å². The van der Waals surface area contributed by atoms with Gasteiger partial charge in [-0.15, -0.1) is 0 Å². The first-order valence-corrected chi connectivity index (χ1v) is 11.9. The zero-order chi connectivity index (χ0) is 18.4.